The van der Waals surface area contributed by atoms with Gasteiger partial charge < -0.3 is 0 Å². The maximum absolute atomic E-state index is 13.7. The van der Waals surface area contributed by atoms with Crippen molar-refractivity contribution in [2.75, 3.05) is 10.8 Å². The van der Waals surface area contributed by atoms with Gasteiger partial charge in [0.05, 0.1) is 28.2 Å². The summed E-state index contributed by atoms with van der Waals surface area (Å²) in [6.07, 6.45) is 2.91. The number of nitrogens with one attached hydrogen (secondary N) is 1. The number of para-hydroxylation sites is 1. The van der Waals surface area contributed by atoms with Gasteiger partial charge in [-0.15, -0.1) is 0 Å². The van der Waals surface area contributed by atoms with Gasteiger partial charge >= 0.3 is 0 Å². The van der Waals surface area contributed by atoms with Gasteiger partial charge in [-0.1, -0.05) is 42.5 Å². The Labute approximate surface area is 208 Å². The number of hydrazone groups is 1. The second-order valence-corrected chi connectivity index (χ2v) is 9.64. The standard InChI is InChI=1S/C25H24N6O4S/c1-19-24(25(33)31(29(19)2)21-12-5-3-6-13-21)30(36(34,35)22-14-7-4-8-15-22)18-23(32)28-27-17-20-11-9-10-16-26-20/h3-17H,18H2,1-2H3,(H,28,32)/b27-17+. The largest absolute Gasteiger partial charge is 0.296 e. The minimum absolute atomic E-state index is 0.0521. The monoisotopic (exact) mass is 504 g/mol. The Morgan fingerprint density at radius 2 is 1.67 bits per heavy atom. The maximum Gasteiger partial charge on any atom is 0.296 e. The predicted octanol–water partition coefficient (Wildman–Crippen LogP) is 2.23. The smallest absolute Gasteiger partial charge is 0.283 e. The Balaban J connectivity index is 1.75. The lowest BCUT2D eigenvalue weighted by Crippen LogP contribution is -2.42. The van der Waals surface area contributed by atoms with E-state index in [-0.39, 0.29) is 10.6 Å². The lowest BCUT2D eigenvalue weighted by Gasteiger charge is -2.22. The molecule has 0 fully saturated rings. The summed E-state index contributed by atoms with van der Waals surface area (Å²) >= 11 is 0. The third-order valence-electron chi connectivity index (χ3n) is 5.47. The Bertz CT molecular complexity index is 1550. The first-order chi connectivity index (χ1) is 17.3. The lowest BCUT2D eigenvalue weighted by molar-refractivity contribution is -0.119. The number of sulfonamides is 1. The van der Waals surface area contributed by atoms with E-state index in [2.05, 4.69) is 15.5 Å². The Hall–Kier alpha value is -4.51. The summed E-state index contributed by atoms with van der Waals surface area (Å²) < 4.78 is 31.1. The Morgan fingerprint density at radius 3 is 2.31 bits per heavy atom. The fraction of sp³-hybridized carbons (Fsp3) is 0.120. The van der Waals surface area contributed by atoms with Crippen LogP contribution in [0.25, 0.3) is 5.69 Å². The van der Waals surface area contributed by atoms with Crippen LogP contribution in [-0.4, -0.2) is 41.4 Å². The van der Waals surface area contributed by atoms with Crippen molar-refractivity contribution in [3.8, 4) is 5.69 Å². The van der Waals surface area contributed by atoms with Gasteiger partial charge in [0, 0.05) is 13.2 Å². The van der Waals surface area contributed by atoms with E-state index in [0.717, 1.165) is 4.31 Å². The minimum atomic E-state index is -4.28. The van der Waals surface area contributed by atoms with Crippen molar-refractivity contribution in [1.29, 1.82) is 0 Å². The molecule has 10 nitrogen and oxygen atoms in total. The van der Waals surface area contributed by atoms with Crippen LogP contribution >= 0.6 is 0 Å². The van der Waals surface area contributed by atoms with Gasteiger partial charge in [0.15, 0.2) is 0 Å². The number of hydrogen-bond acceptors (Lipinski definition) is 6. The van der Waals surface area contributed by atoms with Crippen molar-refractivity contribution in [1.82, 2.24) is 19.8 Å². The van der Waals surface area contributed by atoms with Crippen LogP contribution in [0.15, 0.2) is 99.9 Å². The van der Waals surface area contributed by atoms with E-state index in [0.29, 0.717) is 17.1 Å². The predicted molar refractivity (Wildman–Crippen MR) is 137 cm³/mol. The molecule has 0 atom stereocenters. The van der Waals surface area contributed by atoms with E-state index in [9.17, 15) is 18.0 Å². The van der Waals surface area contributed by atoms with Crippen LogP contribution < -0.4 is 15.3 Å². The molecule has 0 unspecified atom stereocenters. The molecule has 2 heterocycles. The summed E-state index contributed by atoms with van der Waals surface area (Å²) in [7, 11) is -2.62. The van der Waals surface area contributed by atoms with Crippen LogP contribution in [0.3, 0.4) is 0 Å². The molecule has 2 aromatic heterocycles. The molecule has 4 rings (SSSR count). The van der Waals surface area contributed by atoms with Gasteiger partial charge in [0.2, 0.25) is 0 Å². The molecule has 0 aliphatic carbocycles. The molecule has 0 radical (unpaired) electrons. The van der Waals surface area contributed by atoms with Crippen LogP contribution in [0.5, 0.6) is 0 Å². The van der Waals surface area contributed by atoms with E-state index >= 15 is 0 Å². The number of benzene rings is 2. The Kier molecular flexibility index (Phi) is 7.11. The van der Waals surface area contributed by atoms with Crippen molar-refractivity contribution in [3.63, 3.8) is 0 Å². The quantitative estimate of drug-likeness (QED) is 0.292. The molecule has 0 bridgehead atoms. The fourth-order valence-corrected chi connectivity index (χ4v) is 5.13. The van der Waals surface area contributed by atoms with Gasteiger partial charge in [0.25, 0.3) is 21.5 Å². The molecule has 0 spiro atoms. The number of nitrogens with zero attached hydrogens (tertiary/aromatic N) is 5. The normalized spacial score (nSPS) is 11.5. The summed E-state index contributed by atoms with van der Waals surface area (Å²) in [6.45, 7) is 0.965. The van der Waals surface area contributed by atoms with Crippen molar-refractivity contribution >= 4 is 27.8 Å². The average Bonchev–Trinajstić information content (AvgIpc) is 3.11. The van der Waals surface area contributed by atoms with E-state index in [4.69, 9.17) is 0 Å². The van der Waals surface area contributed by atoms with Crippen molar-refractivity contribution in [3.05, 3.63) is 107 Å². The summed E-state index contributed by atoms with van der Waals surface area (Å²) in [5.74, 6) is -0.726. The highest BCUT2D eigenvalue weighted by Crippen LogP contribution is 2.25. The van der Waals surface area contributed by atoms with Crippen LogP contribution in [0.1, 0.15) is 11.4 Å². The van der Waals surface area contributed by atoms with Crippen LogP contribution in [0.4, 0.5) is 5.69 Å². The molecule has 2 aromatic carbocycles. The zero-order chi connectivity index (χ0) is 25.7. The summed E-state index contributed by atoms with van der Waals surface area (Å²) in [5, 5.41) is 3.86. The van der Waals surface area contributed by atoms with E-state index in [1.807, 2.05) is 6.07 Å². The molecule has 36 heavy (non-hydrogen) atoms. The van der Waals surface area contributed by atoms with Gasteiger partial charge in [-0.05, 0) is 43.3 Å². The summed E-state index contributed by atoms with van der Waals surface area (Å²) in [5.41, 5.74) is 3.04. The molecule has 1 amide bonds. The first kappa shape index (κ1) is 24.6. The zero-order valence-electron chi connectivity index (χ0n) is 19.6. The molecular weight excluding hydrogens is 480 g/mol. The van der Waals surface area contributed by atoms with E-state index in [1.165, 1.54) is 23.0 Å². The molecule has 0 aliphatic heterocycles. The van der Waals surface area contributed by atoms with Crippen molar-refractivity contribution in [2.24, 2.45) is 12.1 Å². The lowest BCUT2D eigenvalue weighted by atomic mass is 10.3. The number of aromatic nitrogens is 3. The first-order valence-corrected chi connectivity index (χ1v) is 12.4. The first-order valence-electron chi connectivity index (χ1n) is 11.0. The second-order valence-electron chi connectivity index (χ2n) is 7.78. The number of anilines is 1. The number of rotatable bonds is 8. The van der Waals surface area contributed by atoms with Gasteiger partial charge in [-0.3, -0.25) is 19.3 Å². The maximum atomic E-state index is 13.7. The Morgan fingerprint density at radius 1 is 1.03 bits per heavy atom. The molecule has 4 aromatic rings. The molecule has 184 valence electrons. The van der Waals surface area contributed by atoms with Crippen LogP contribution in [-0.2, 0) is 21.9 Å². The zero-order valence-corrected chi connectivity index (χ0v) is 20.5. The molecular formula is C25H24N6O4S. The van der Waals surface area contributed by atoms with E-state index < -0.39 is 28.0 Å². The third-order valence-corrected chi connectivity index (χ3v) is 7.23. The summed E-state index contributed by atoms with van der Waals surface area (Å²) in [6, 6.07) is 21.7. The van der Waals surface area contributed by atoms with Crippen LogP contribution in [0, 0.1) is 6.92 Å². The van der Waals surface area contributed by atoms with Crippen molar-refractivity contribution in [2.45, 2.75) is 11.8 Å². The average molecular weight is 505 g/mol. The number of carbonyl (C=O) groups excluding carboxylic acids is 1. The van der Waals surface area contributed by atoms with Crippen molar-refractivity contribution < 1.29 is 13.2 Å². The molecule has 0 aliphatic rings. The molecule has 0 saturated carbocycles. The highest BCUT2D eigenvalue weighted by atomic mass is 32.2. The highest BCUT2D eigenvalue weighted by Gasteiger charge is 2.33. The topological polar surface area (TPSA) is 119 Å². The van der Waals surface area contributed by atoms with Gasteiger partial charge in [0.1, 0.15) is 12.2 Å². The molecule has 0 saturated heterocycles. The third kappa shape index (κ3) is 4.96. The highest BCUT2D eigenvalue weighted by molar-refractivity contribution is 7.92. The minimum Gasteiger partial charge on any atom is -0.283 e. The van der Waals surface area contributed by atoms with Gasteiger partial charge in [-0.25, -0.2) is 22.8 Å². The molecule has 1 N–H and O–H groups in total. The van der Waals surface area contributed by atoms with Crippen LogP contribution in [0.2, 0.25) is 0 Å². The van der Waals surface area contributed by atoms with Gasteiger partial charge in [-0.2, -0.15) is 5.10 Å². The number of hydrogen-bond donors (Lipinski definition) is 1. The molecule has 11 heteroatoms. The van der Waals surface area contributed by atoms with E-state index in [1.54, 1.807) is 85.5 Å². The second kappa shape index (κ2) is 10.4. The summed E-state index contributed by atoms with van der Waals surface area (Å²) in [4.78, 5) is 30.4. The number of amides is 1. The SMILES string of the molecule is Cc1c(N(CC(=O)N/N=C/c2ccccn2)S(=O)(=O)c2ccccc2)c(=O)n(-c2ccccc2)n1C. The fourth-order valence-electron chi connectivity index (χ4n) is 3.63. The number of pyridine rings is 1. The number of carbonyl (C=O) groups is 1.